The number of hydrogen-bond acceptors (Lipinski definition) is 11. The van der Waals surface area contributed by atoms with Crippen LogP contribution in [0.2, 0.25) is 0 Å². The summed E-state index contributed by atoms with van der Waals surface area (Å²) in [4.78, 5) is 17.1. The molecule has 242 valence electrons. The van der Waals surface area contributed by atoms with Crippen LogP contribution in [0.1, 0.15) is 74.7 Å². The third-order valence-electron chi connectivity index (χ3n) is 9.46. The lowest BCUT2D eigenvalue weighted by Gasteiger charge is -2.46. The van der Waals surface area contributed by atoms with Crippen molar-refractivity contribution < 1.29 is 44.5 Å². The Labute approximate surface area is 246 Å². The number of nitrogens with zero attached hydrogens (tertiary/aromatic N) is 2. The minimum atomic E-state index is -1.75. The van der Waals surface area contributed by atoms with E-state index in [1.807, 2.05) is 44.8 Å². The maximum atomic E-state index is 13.3. The van der Waals surface area contributed by atoms with Crippen molar-refractivity contribution >= 4 is 5.97 Å². The van der Waals surface area contributed by atoms with Crippen molar-refractivity contribution in [2.24, 2.45) is 17.8 Å². The van der Waals surface area contributed by atoms with E-state index >= 15 is 0 Å². The van der Waals surface area contributed by atoms with E-state index < -0.39 is 71.9 Å². The van der Waals surface area contributed by atoms with E-state index in [1.54, 1.807) is 27.7 Å². The minimum Gasteiger partial charge on any atom is -0.459 e. The van der Waals surface area contributed by atoms with Gasteiger partial charge in [0.05, 0.1) is 29.8 Å². The number of carbonyl (C=O) groups excluding carboxylic acids is 1. The summed E-state index contributed by atoms with van der Waals surface area (Å²) in [6.07, 6.45) is -5.74. The molecule has 2 aliphatic rings. The smallest absolute Gasteiger partial charge is 0.311 e. The third kappa shape index (κ3) is 8.39. The van der Waals surface area contributed by atoms with Crippen molar-refractivity contribution in [2.75, 3.05) is 27.7 Å². The number of cyclic esters (lactones) is 1. The van der Waals surface area contributed by atoms with Crippen LogP contribution in [-0.4, -0.2) is 135 Å². The fourth-order valence-electron chi connectivity index (χ4n) is 6.74. The zero-order chi connectivity index (χ0) is 31.6. The molecule has 2 saturated heterocycles. The first-order valence-corrected chi connectivity index (χ1v) is 15.1. The molecule has 41 heavy (non-hydrogen) atoms. The van der Waals surface area contributed by atoms with Crippen LogP contribution in [0.5, 0.6) is 0 Å². The Morgan fingerprint density at radius 2 is 1.63 bits per heavy atom. The fraction of sp³-hybridized carbons (Fsp3) is 0.967. The molecule has 0 aromatic carbocycles. The molecular formula is C30H58N2O9. The van der Waals surface area contributed by atoms with Crippen molar-refractivity contribution in [3.8, 4) is 0 Å². The van der Waals surface area contributed by atoms with Crippen LogP contribution >= 0.6 is 0 Å². The first kappa shape index (κ1) is 36.3. The second kappa shape index (κ2) is 14.3. The van der Waals surface area contributed by atoms with Crippen LogP contribution in [0, 0.1) is 17.8 Å². The van der Waals surface area contributed by atoms with Crippen LogP contribution in [0.15, 0.2) is 0 Å². The Bertz CT molecular complexity index is 841. The molecule has 11 nitrogen and oxygen atoms in total. The standard InChI is InChI=1S/C30H58N2O9/c1-12-22-30(8,38)25(35)20(6)32(11)15-16(2)14-29(7,37)26(18(4)23(33)19(5)27(36)40-22)41-28-24(34)21(31(9)10)13-17(3)39-28/h16-26,28,33-35,37-38H,12-15H2,1-11H3/t16-,17-,18+,19-,20-,21+,22-,23+,24-,25-,26-,28?,29-,30-/m1/s1. The van der Waals surface area contributed by atoms with E-state index in [0.717, 1.165) is 0 Å². The molecule has 0 aromatic rings. The highest BCUT2D eigenvalue weighted by Crippen LogP contribution is 2.36. The van der Waals surface area contributed by atoms with Gasteiger partial charge in [-0.25, -0.2) is 0 Å². The average molecular weight is 591 g/mol. The summed E-state index contributed by atoms with van der Waals surface area (Å²) in [5.74, 6) is -2.65. The Hall–Kier alpha value is -0.890. The van der Waals surface area contributed by atoms with Crippen LogP contribution < -0.4 is 0 Å². The zero-order valence-electron chi connectivity index (χ0n) is 27.0. The molecule has 0 bridgehead atoms. The second-order valence-electron chi connectivity index (χ2n) is 13.6. The highest BCUT2D eigenvalue weighted by atomic mass is 16.7. The van der Waals surface area contributed by atoms with E-state index in [9.17, 15) is 30.3 Å². The molecule has 1 unspecified atom stereocenters. The van der Waals surface area contributed by atoms with Gasteiger partial charge in [0, 0.05) is 24.5 Å². The number of aliphatic hydroxyl groups is 5. The highest BCUT2D eigenvalue weighted by molar-refractivity contribution is 5.73. The first-order chi connectivity index (χ1) is 18.8. The SMILES string of the molecule is CC[C@H]1OC(=O)[C@H](C)[C@@H](O)[C@H](C)[C@@H](OC2O[C@H](C)C[C@H](N(C)C)[C@H]2O)[C@](C)(O)C[C@@H](C)CN(C)[C@H](C)[C@@H](O)[C@]1(C)O. The van der Waals surface area contributed by atoms with E-state index in [0.29, 0.717) is 13.0 Å². The van der Waals surface area contributed by atoms with Crippen LogP contribution in [-0.2, 0) is 19.0 Å². The Morgan fingerprint density at radius 3 is 2.17 bits per heavy atom. The molecular weight excluding hydrogens is 532 g/mol. The van der Waals surface area contributed by atoms with E-state index in [1.165, 1.54) is 13.8 Å². The molecule has 2 fully saturated rings. The number of ether oxygens (including phenoxy) is 3. The van der Waals surface area contributed by atoms with Gasteiger partial charge < -0.3 is 49.5 Å². The average Bonchev–Trinajstić information content (AvgIpc) is 2.87. The van der Waals surface area contributed by atoms with Gasteiger partial charge in [0.15, 0.2) is 6.29 Å². The normalized spacial score (nSPS) is 48.4. The number of esters is 1. The molecule has 2 heterocycles. The Morgan fingerprint density at radius 1 is 1.05 bits per heavy atom. The summed E-state index contributed by atoms with van der Waals surface area (Å²) in [6.45, 7) is 14.2. The van der Waals surface area contributed by atoms with E-state index in [-0.39, 0.29) is 30.9 Å². The van der Waals surface area contributed by atoms with Crippen molar-refractivity contribution in [1.82, 2.24) is 9.80 Å². The molecule has 0 aromatic heterocycles. The molecule has 11 heteroatoms. The summed E-state index contributed by atoms with van der Waals surface area (Å²) < 4.78 is 18.1. The summed E-state index contributed by atoms with van der Waals surface area (Å²) in [5, 5.41) is 57.0. The molecule has 0 radical (unpaired) electrons. The summed E-state index contributed by atoms with van der Waals surface area (Å²) in [6, 6.07) is -0.733. The maximum Gasteiger partial charge on any atom is 0.311 e. The topological polar surface area (TPSA) is 152 Å². The number of hydrogen-bond donors (Lipinski definition) is 5. The van der Waals surface area contributed by atoms with Gasteiger partial charge in [0.25, 0.3) is 0 Å². The Balaban J connectivity index is 2.52. The molecule has 2 rings (SSSR count). The van der Waals surface area contributed by atoms with Crippen molar-refractivity contribution in [1.29, 1.82) is 0 Å². The van der Waals surface area contributed by atoms with Gasteiger partial charge in [-0.15, -0.1) is 0 Å². The van der Waals surface area contributed by atoms with Crippen molar-refractivity contribution in [2.45, 2.75) is 141 Å². The van der Waals surface area contributed by atoms with Gasteiger partial charge >= 0.3 is 5.97 Å². The van der Waals surface area contributed by atoms with Gasteiger partial charge in [0.1, 0.15) is 23.9 Å². The summed E-state index contributed by atoms with van der Waals surface area (Å²) in [7, 11) is 5.58. The molecule has 0 aliphatic carbocycles. The first-order valence-electron chi connectivity index (χ1n) is 15.1. The van der Waals surface area contributed by atoms with Crippen LogP contribution in [0.3, 0.4) is 0 Å². The number of rotatable bonds is 4. The minimum absolute atomic E-state index is 0.0990. The summed E-state index contributed by atoms with van der Waals surface area (Å²) >= 11 is 0. The van der Waals surface area contributed by atoms with Gasteiger partial charge in [-0.05, 0) is 80.9 Å². The van der Waals surface area contributed by atoms with Gasteiger partial charge in [-0.3, -0.25) is 4.79 Å². The highest BCUT2D eigenvalue weighted by Gasteiger charge is 2.49. The lowest BCUT2D eigenvalue weighted by Crippen LogP contribution is -2.59. The molecule has 2 aliphatic heterocycles. The number of carbonyl (C=O) groups is 1. The van der Waals surface area contributed by atoms with E-state index in [2.05, 4.69) is 0 Å². The molecule has 0 saturated carbocycles. The molecule has 0 spiro atoms. The molecule has 14 atom stereocenters. The monoisotopic (exact) mass is 590 g/mol. The predicted molar refractivity (Wildman–Crippen MR) is 155 cm³/mol. The van der Waals surface area contributed by atoms with Gasteiger partial charge in [0.2, 0.25) is 0 Å². The van der Waals surface area contributed by atoms with E-state index in [4.69, 9.17) is 14.2 Å². The zero-order valence-corrected chi connectivity index (χ0v) is 27.0. The Kier molecular flexibility index (Phi) is 12.6. The fourth-order valence-corrected chi connectivity index (χ4v) is 6.74. The van der Waals surface area contributed by atoms with Crippen LogP contribution in [0.25, 0.3) is 0 Å². The quantitative estimate of drug-likeness (QED) is 0.298. The number of likely N-dealkylation sites (N-methyl/N-ethyl adjacent to an activating group) is 2. The number of aliphatic hydroxyl groups excluding tert-OH is 3. The lowest BCUT2D eigenvalue weighted by atomic mass is 9.78. The second-order valence-corrected chi connectivity index (χ2v) is 13.6. The largest absolute Gasteiger partial charge is 0.459 e. The van der Waals surface area contributed by atoms with Crippen LogP contribution in [0.4, 0.5) is 0 Å². The van der Waals surface area contributed by atoms with Crippen molar-refractivity contribution in [3.63, 3.8) is 0 Å². The molecule has 0 amide bonds. The van der Waals surface area contributed by atoms with Crippen molar-refractivity contribution in [3.05, 3.63) is 0 Å². The molecule has 5 N–H and O–H groups in total. The lowest BCUT2D eigenvalue weighted by molar-refractivity contribution is -0.299. The summed E-state index contributed by atoms with van der Waals surface area (Å²) in [5.41, 5.74) is -3.25. The third-order valence-corrected chi connectivity index (χ3v) is 9.46. The van der Waals surface area contributed by atoms with Gasteiger partial charge in [-0.2, -0.15) is 0 Å². The maximum absolute atomic E-state index is 13.3. The predicted octanol–water partition coefficient (Wildman–Crippen LogP) is 0.976. The van der Waals surface area contributed by atoms with Gasteiger partial charge in [-0.1, -0.05) is 20.8 Å².